The van der Waals surface area contributed by atoms with Crippen LogP contribution in [0.1, 0.15) is 20.3 Å². The number of rotatable bonds is 4. The van der Waals surface area contributed by atoms with Crippen LogP contribution in [0, 0.1) is 5.92 Å². The van der Waals surface area contributed by atoms with Crippen molar-refractivity contribution >= 4 is 23.7 Å². The molecule has 0 aliphatic carbocycles. The van der Waals surface area contributed by atoms with Gasteiger partial charge in [-0.1, -0.05) is 13.8 Å². The van der Waals surface area contributed by atoms with E-state index in [4.69, 9.17) is 0 Å². The molecule has 1 rings (SSSR count). The fourth-order valence-corrected chi connectivity index (χ4v) is 3.28. The predicted octanol–water partition coefficient (Wildman–Crippen LogP) is 1.20. The fourth-order valence-electron chi connectivity index (χ4n) is 1.98. The van der Waals surface area contributed by atoms with Crippen LogP contribution in [0.5, 0.6) is 0 Å². The van der Waals surface area contributed by atoms with Crippen LogP contribution < -0.4 is 5.32 Å². The summed E-state index contributed by atoms with van der Waals surface area (Å²) in [6.07, 6.45) is 0.367. The average Bonchev–Trinajstić information content (AvgIpc) is 2.43. The Bertz CT molecular complexity index is 321. The van der Waals surface area contributed by atoms with Crippen molar-refractivity contribution < 1.29 is 9.53 Å². The number of carbonyl (C=O) groups is 1. The molecule has 0 amide bonds. The van der Waals surface area contributed by atoms with E-state index in [0.717, 1.165) is 24.8 Å². The van der Waals surface area contributed by atoms with Crippen LogP contribution in [-0.2, 0) is 9.53 Å². The molecular formula is C13H25N3O2S. The van der Waals surface area contributed by atoms with E-state index in [1.807, 2.05) is 11.8 Å². The molecule has 1 heterocycles. The molecule has 1 N–H and O–H groups in total. The maximum absolute atomic E-state index is 11.1. The number of methoxy groups -OCH3 is 1. The van der Waals surface area contributed by atoms with Crippen LogP contribution in [0.25, 0.3) is 0 Å². The zero-order valence-electron chi connectivity index (χ0n) is 12.3. The van der Waals surface area contributed by atoms with Crippen molar-refractivity contribution in [2.24, 2.45) is 10.9 Å². The zero-order chi connectivity index (χ0) is 14.3. The van der Waals surface area contributed by atoms with Gasteiger partial charge in [0.25, 0.3) is 0 Å². The number of ether oxygens (including phenoxy) is 1. The highest BCUT2D eigenvalue weighted by Gasteiger charge is 2.24. The number of aliphatic imine (C=N–C) groups is 1. The van der Waals surface area contributed by atoms with E-state index in [0.29, 0.717) is 24.1 Å². The minimum Gasteiger partial charge on any atom is -0.469 e. The van der Waals surface area contributed by atoms with Crippen molar-refractivity contribution in [1.82, 2.24) is 10.2 Å². The lowest BCUT2D eigenvalue weighted by atomic mass is 10.1. The van der Waals surface area contributed by atoms with Gasteiger partial charge in [-0.2, -0.15) is 11.8 Å². The summed E-state index contributed by atoms with van der Waals surface area (Å²) in [5.74, 6) is 2.48. The summed E-state index contributed by atoms with van der Waals surface area (Å²) in [5.41, 5.74) is 0. The lowest BCUT2D eigenvalue weighted by Crippen LogP contribution is -2.49. The van der Waals surface area contributed by atoms with Crippen molar-refractivity contribution in [2.75, 3.05) is 39.5 Å². The molecule has 1 fully saturated rings. The molecule has 6 heteroatoms. The monoisotopic (exact) mass is 287 g/mol. The fraction of sp³-hybridized carbons (Fsp3) is 0.846. The Morgan fingerprint density at radius 1 is 1.58 bits per heavy atom. The van der Waals surface area contributed by atoms with E-state index in [9.17, 15) is 4.79 Å². The molecule has 19 heavy (non-hydrogen) atoms. The SMILES string of the molecule is CN=C(NCCC(=O)OC)N1CCSC(C(C)C)C1. The highest BCUT2D eigenvalue weighted by Crippen LogP contribution is 2.24. The molecule has 1 atom stereocenters. The summed E-state index contributed by atoms with van der Waals surface area (Å²) >= 11 is 2.04. The predicted molar refractivity (Wildman–Crippen MR) is 80.7 cm³/mol. The number of hydrogen-bond acceptors (Lipinski definition) is 4. The molecule has 5 nitrogen and oxygen atoms in total. The molecule has 1 unspecified atom stereocenters. The molecule has 0 aromatic heterocycles. The summed E-state index contributed by atoms with van der Waals surface area (Å²) in [7, 11) is 3.19. The van der Waals surface area contributed by atoms with Gasteiger partial charge in [-0.25, -0.2) is 0 Å². The summed E-state index contributed by atoms with van der Waals surface area (Å²) in [6, 6.07) is 0. The van der Waals surface area contributed by atoms with Gasteiger partial charge in [0, 0.05) is 37.7 Å². The van der Waals surface area contributed by atoms with Crippen molar-refractivity contribution in [3.63, 3.8) is 0 Å². The van der Waals surface area contributed by atoms with Gasteiger partial charge < -0.3 is 15.0 Å². The summed E-state index contributed by atoms with van der Waals surface area (Å²) < 4.78 is 4.62. The van der Waals surface area contributed by atoms with Gasteiger partial charge in [0.15, 0.2) is 5.96 Å². The first-order chi connectivity index (χ1) is 9.08. The summed E-state index contributed by atoms with van der Waals surface area (Å²) in [4.78, 5) is 17.7. The summed E-state index contributed by atoms with van der Waals surface area (Å²) in [6.45, 7) is 7.10. The lowest BCUT2D eigenvalue weighted by Gasteiger charge is -2.36. The lowest BCUT2D eigenvalue weighted by molar-refractivity contribution is -0.140. The third kappa shape index (κ3) is 5.30. The minimum absolute atomic E-state index is 0.197. The molecule has 0 aromatic rings. The normalized spacial score (nSPS) is 20.6. The van der Waals surface area contributed by atoms with E-state index >= 15 is 0 Å². The Hall–Kier alpha value is -0.910. The minimum atomic E-state index is -0.197. The van der Waals surface area contributed by atoms with Crippen molar-refractivity contribution in [3.8, 4) is 0 Å². The molecule has 0 spiro atoms. The summed E-state index contributed by atoms with van der Waals surface area (Å²) in [5, 5.41) is 3.88. The van der Waals surface area contributed by atoms with E-state index in [2.05, 4.69) is 33.8 Å². The van der Waals surface area contributed by atoms with Crippen LogP contribution in [0.3, 0.4) is 0 Å². The van der Waals surface area contributed by atoms with Gasteiger partial charge in [-0.05, 0) is 5.92 Å². The van der Waals surface area contributed by atoms with Gasteiger partial charge in [0.05, 0.1) is 13.5 Å². The van der Waals surface area contributed by atoms with Crippen molar-refractivity contribution in [2.45, 2.75) is 25.5 Å². The zero-order valence-corrected chi connectivity index (χ0v) is 13.1. The Balaban J connectivity index is 2.44. The Morgan fingerprint density at radius 2 is 2.32 bits per heavy atom. The smallest absolute Gasteiger partial charge is 0.307 e. The Labute approximate surface area is 120 Å². The number of esters is 1. The second kappa shape index (κ2) is 8.30. The van der Waals surface area contributed by atoms with Crippen molar-refractivity contribution in [1.29, 1.82) is 0 Å². The van der Waals surface area contributed by atoms with E-state index < -0.39 is 0 Å². The van der Waals surface area contributed by atoms with E-state index in [1.165, 1.54) is 7.11 Å². The van der Waals surface area contributed by atoms with Crippen LogP contribution >= 0.6 is 11.8 Å². The van der Waals surface area contributed by atoms with Crippen LogP contribution in [-0.4, -0.2) is 61.6 Å². The molecule has 0 radical (unpaired) electrons. The van der Waals surface area contributed by atoms with Crippen LogP contribution in [0.15, 0.2) is 4.99 Å². The first kappa shape index (κ1) is 16.1. The Kier molecular flexibility index (Phi) is 7.05. The van der Waals surface area contributed by atoms with E-state index in [1.54, 1.807) is 7.05 Å². The second-order valence-electron chi connectivity index (χ2n) is 4.90. The highest BCUT2D eigenvalue weighted by molar-refractivity contribution is 8.00. The van der Waals surface area contributed by atoms with Gasteiger partial charge >= 0.3 is 5.97 Å². The molecule has 1 aliphatic heterocycles. The number of carbonyl (C=O) groups excluding carboxylic acids is 1. The Morgan fingerprint density at radius 3 is 2.89 bits per heavy atom. The third-order valence-electron chi connectivity index (χ3n) is 3.19. The maximum Gasteiger partial charge on any atom is 0.307 e. The maximum atomic E-state index is 11.1. The van der Waals surface area contributed by atoms with Gasteiger partial charge in [-0.3, -0.25) is 9.79 Å². The molecule has 0 bridgehead atoms. The second-order valence-corrected chi connectivity index (χ2v) is 6.25. The number of nitrogens with one attached hydrogen (secondary N) is 1. The number of nitrogens with zero attached hydrogens (tertiary/aromatic N) is 2. The molecule has 0 saturated carbocycles. The quantitative estimate of drug-likeness (QED) is 0.478. The first-order valence-electron chi connectivity index (χ1n) is 6.72. The van der Waals surface area contributed by atoms with Crippen LogP contribution in [0.2, 0.25) is 0 Å². The van der Waals surface area contributed by atoms with Gasteiger partial charge in [-0.15, -0.1) is 0 Å². The highest BCUT2D eigenvalue weighted by atomic mass is 32.2. The largest absolute Gasteiger partial charge is 0.469 e. The first-order valence-corrected chi connectivity index (χ1v) is 7.77. The molecular weight excluding hydrogens is 262 g/mol. The number of hydrogen-bond donors (Lipinski definition) is 1. The molecule has 0 aromatic carbocycles. The van der Waals surface area contributed by atoms with E-state index in [-0.39, 0.29) is 5.97 Å². The van der Waals surface area contributed by atoms with Crippen LogP contribution in [0.4, 0.5) is 0 Å². The molecule has 1 saturated heterocycles. The number of guanidine groups is 1. The average molecular weight is 287 g/mol. The topological polar surface area (TPSA) is 53.9 Å². The molecule has 110 valence electrons. The standard InChI is InChI=1S/C13H25N3O2S/c1-10(2)11-9-16(7-8-19-11)13(14-3)15-6-5-12(17)18-4/h10-11H,5-9H2,1-4H3,(H,14,15). The van der Waals surface area contributed by atoms with Gasteiger partial charge in [0.1, 0.15) is 0 Å². The number of thioether (sulfide) groups is 1. The van der Waals surface area contributed by atoms with Gasteiger partial charge in [0.2, 0.25) is 0 Å². The van der Waals surface area contributed by atoms with Crippen molar-refractivity contribution in [3.05, 3.63) is 0 Å². The molecule has 1 aliphatic rings. The third-order valence-corrected chi connectivity index (χ3v) is 4.73.